The highest BCUT2D eigenvalue weighted by atomic mass is 19.1. The van der Waals surface area contributed by atoms with Gasteiger partial charge in [0.2, 0.25) is 0 Å². The molecular formula is C26H28FN4O+. The van der Waals surface area contributed by atoms with E-state index in [2.05, 4.69) is 58.1 Å². The molecule has 32 heavy (non-hydrogen) atoms. The molecule has 0 saturated carbocycles. The molecular weight excluding hydrogens is 403 g/mol. The molecule has 0 radical (unpaired) electrons. The molecule has 1 aromatic heterocycles. The van der Waals surface area contributed by atoms with Crippen LogP contribution in [0.3, 0.4) is 0 Å². The third-order valence-electron chi connectivity index (χ3n) is 6.45. The number of rotatable bonds is 5. The van der Waals surface area contributed by atoms with Gasteiger partial charge in [0, 0.05) is 34.0 Å². The fraction of sp³-hybridized carbons (Fsp3) is 0.269. The number of hydrogen-bond acceptors (Lipinski definition) is 2. The molecule has 0 unspecified atom stereocenters. The Morgan fingerprint density at radius 2 is 1.69 bits per heavy atom. The highest BCUT2D eigenvalue weighted by Gasteiger charge is 2.24. The molecule has 164 valence electrons. The number of carbonyl (C=O) groups is 1. The zero-order valence-corrected chi connectivity index (χ0v) is 18.3. The standard InChI is InChI=1S/C26H27FN4O/c1-2-31-23-9-5-3-7-20(23)21-17-19(11-12-24(21)31)28-26(32)18-29-13-15-30(16-14-29)25-10-6-4-8-22(25)27/h3-12,17H,2,13-16,18H2,1H3,(H,28,32)/p+1. The molecule has 1 fully saturated rings. The number of benzene rings is 3. The zero-order valence-electron chi connectivity index (χ0n) is 18.3. The van der Waals surface area contributed by atoms with Gasteiger partial charge in [0.25, 0.3) is 5.91 Å². The van der Waals surface area contributed by atoms with Gasteiger partial charge in [-0.2, -0.15) is 0 Å². The van der Waals surface area contributed by atoms with Gasteiger partial charge in [0.05, 0.1) is 31.9 Å². The van der Waals surface area contributed by atoms with Crippen LogP contribution in [0.5, 0.6) is 0 Å². The van der Waals surface area contributed by atoms with E-state index in [0.717, 1.165) is 43.8 Å². The van der Waals surface area contributed by atoms with Gasteiger partial charge in [-0.05, 0) is 43.3 Å². The summed E-state index contributed by atoms with van der Waals surface area (Å²) in [5.74, 6) is -0.175. The van der Waals surface area contributed by atoms with Gasteiger partial charge in [-0.25, -0.2) is 4.39 Å². The Bertz CT molecular complexity index is 1270. The second-order valence-electron chi connectivity index (χ2n) is 8.41. The van der Waals surface area contributed by atoms with E-state index >= 15 is 0 Å². The minimum Gasteiger partial charge on any atom is -0.358 e. The summed E-state index contributed by atoms with van der Waals surface area (Å²) in [6.45, 7) is 6.57. The van der Waals surface area contributed by atoms with Gasteiger partial charge < -0.3 is 19.7 Å². The van der Waals surface area contributed by atoms with Crippen LogP contribution in [0.25, 0.3) is 21.8 Å². The van der Waals surface area contributed by atoms with Crippen molar-refractivity contribution in [2.24, 2.45) is 0 Å². The number of fused-ring (bicyclic) bond motifs is 3. The highest BCUT2D eigenvalue weighted by molar-refractivity contribution is 6.09. The van der Waals surface area contributed by atoms with Gasteiger partial charge in [0.15, 0.2) is 6.54 Å². The number of aryl methyl sites for hydroxylation is 1. The number of aromatic nitrogens is 1. The molecule has 5 rings (SSSR count). The first-order valence-corrected chi connectivity index (χ1v) is 11.3. The smallest absolute Gasteiger partial charge is 0.279 e. The van der Waals surface area contributed by atoms with Crippen molar-refractivity contribution < 1.29 is 14.1 Å². The van der Waals surface area contributed by atoms with Gasteiger partial charge in [0.1, 0.15) is 5.82 Å². The first-order chi connectivity index (χ1) is 15.6. The summed E-state index contributed by atoms with van der Waals surface area (Å²) >= 11 is 0. The van der Waals surface area contributed by atoms with Crippen molar-refractivity contribution >= 4 is 39.1 Å². The van der Waals surface area contributed by atoms with E-state index in [9.17, 15) is 9.18 Å². The number of para-hydroxylation sites is 2. The van der Waals surface area contributed by atoms with Crippen LogP contribution in [0.2, 0.25) is 0 Å². The van der Waals surface area contributed by atoms with Crippen molar-refractivity contribution in [3.63, 3.8) is 0 Å². The lowest BCUT2D eigenvalue weighted by molar-refractivity contribution is -0.892. The molecule has 0 bridgehead atoms. The SMILES string of the molecule is CCn1c2ccccc2c2cc(NC(=O)C[NH+]3CCN(c4ccccc4F)CC3)ccc21. The van der Waals surface area contributed by atoms with Crippen LogP contribution in [0, 0.1) is 5.82 Å². The lowest BCUT2D eigenvalue weighted by Crippen LogP contribution is -3.15. The third kappa shape index (κ3) is 3.82. The molecule has 2 heterocycles. The highest BCUT2D eigenvalue weighted by Crippen LogP contribution is 2.30. The number of piperazine rings is 1. The summed E-state index contributed by atoms with van der Waals surface area (Å²) in [5, 5.41) is 5.45. The number of hydrogen-bond donors (Lipinski definition) is 2. The maximum Gasteiger partial charge on any atom is 0.279 e. The molecule has 0 spiro atoms. The Morgan fingerprint density at radius 1 is 0.969 bits per heavy atom. The maximum atomic E-state index is 14.0. The van der Waals surface area contributed by atoms with Crippen LogP contribution in [-0.2, 0) is 11.3 Å². The third-order valence-corrected chi connectivity index (χ3v) is 6.45. The van der Waals surface area contributed by atoms with E-state index in [1.807, 2.05) is 18.2 Å². The van der Waals surface area contributed by atoms with E-state index < -0.39 is 0 Å². The number of amides is 1. The van der Waals surface area contributed by atoms with Crippen molar-refractivity contribution in [3.05, 3.63) is 72.5 Å². The molecule has 1 aliphatic rings. The minimum atomic E-state index is -0.187. The molecule has 2 N–H and O–H groups in total. The zero-order chi connectivity index (χ0) is 22.1. The molecule has 4 aromatic rings. The van der Waals surface area contributed by atoms with Gasteiger partial charge in [-0.1, -0.05) is 30.3 Å². The number of quaternary nitrogens is 1. The molecule has 0 atom stereocenters. The predicted octanol–water partition coefficient (Wildman–Crippen LogP) is 3.30. The topological polar surface area (TPSA) is 41.7 Å². The van der Waals surface area contributed by atoms with Crippen LogP contribution in [0.15, 0.2) is 66.7 Å². The average molecular weight is 432 g/mol. The van der Waals surface area contributed by atoms with Crippen molar-refractivity contribution in [2.45, 2.75) is 13.5 Å². The average Bonchev–Trinajstić information content (AvgIpc) is 3.13. The van der Waals surface area contributed by atoms with Crippen molar-refractivity contribution in [1.82, 2.24) is 4.57 Å². The first-order valence-electron chi connectivity index (χ1n) is 11.3. The van der Waals surface area contributed by atoms with E-state index in [-0.39, 0.29) is 11.7 Å². The molecule has 1 aliphatic heterocycles. The fourth-order valence-corrected chi connectivity index (χ4v) is 4.85. The second-order valence-corrected chi connectivity index (χ2v) is 8.41. The van der Waals surface area contributed by atoms with Crippen molar-refractivity contribution in [2.75, 3.05) is 42.9 Å². The number of anilines is 2. The summed E-state index contributed by atoms with van der Waals surface area (Å²) in [6.07, 6.45) is 0. The monoisotopic (exact) mass is 431 g/mol. The number of carbonyl (C=O) groups excluding carboxylic acids is 1. The van der Waals surface area contributed by atoms with E-state index in [0.29, 0.717) is 12.2 Å². The lowest BCUT2D eigenvalue weighted by atomic mass is 10.1. The Morgan fingerprint density at radius 3 is 2.47 bits per heavy atom. The van der Waals surface area contributed by atoms with Crippen molar-refractivity contribution in [1.29, 1.82) is 0 Å². The van der Waals surface area contributed by atoms with E-state index in [1.54, 1.807) is 6.07 Å². The summed E-state index contributed by atoms with van der Waals surface area (Å²) < 4.78 is 16.3. The molecule has 3 aromatic carbocycles. The summed E-state index contributed by atoms with van der Waals surface area (Å²) in [7, 11) is 0. The molecule has 5 nitrogen and oxygen atoms in total. The van der Waals surface area contributed by atoms with Crippen molar-refractivity contribution in [3.8, 4) is 0 Å². The minimum absolute atomic E-state index is 0.0120. The summed E-state index contributed by atoms with van der Waals surface area (Å²) in [4.78, 5) is 16.0. The van der Waals surface area contributed by atoms with E-state index in [4.69, 9.17) is 0 Å². The Labute approximate surface area is 187 Å². The van der Waals surface area contributed by atoms with Crippen LogP contribution in [0.4, 0.5) is 15.8 Å². The predicted molar refractivity (Wildman–Crippen MR) is 128 cm³/mol. The Hall–Kier alpha value is -3.38. The van der Waals surface area contributed by atoms with Crippen LogP contribution in [-0.4, -0.2) is 43.2 Å². The normalized spacial score (nSPS) is 14.9. The Balaban J connectivity index is 1.25. The van der Waals surface area contributed by atoms with E-state index in [1.165, 1.54) is 27.4 Å². The Kier molecular flexibility index (Phi) is 5.53. The molecule has 6 heteroatoms. The second kappa shape index (κ2) is 8.63. The fourth-order valence-electron chi connectivity index (χ4n) is 4.85. The molecule has 1 amide bonds. The molecule has 1 saturated heterocycles. The van der Waals surface area contributed by atoms with Crippen LogP contribution >= 0.6 is 0 Å². The quantitative estimate of drug-likeness (QED) is 0.509. The van der Waals surface area contributed by atoms with Crippen LogP contribution < -0.4 is 15.1 Å². The number of nitrogens with one attached hydrogen (secondary N) is 2. The van der Waals surface area contributed by atoms with Crippen LogP contribution in [0.1, 0.15) is 6.92 Å². The first kappa shape index (κ1) is 20.5. The van der Waals surface area contributed by atoms with Gasteiger partial charge in [-0.3, -0.25) is 4.79 Å². The number of nitrogens with zero attached hydrogens (tertiary/aromatic N) is 2. The van der Waals surface area contributed by atoms with Gasteiger partial charge in [-0.15, -0.1) is 0 Å². The van der Waals surface area contributed by atoms with Gasteiger partial charge >= 0.3 is 0 Å². The molecule has 0 aliphatic carbocycles. The summed E-state index contributed by atoms with van der Waals surface area (Å²) in [5.41, 5.74) is 3.87. The maximum absolute atomic E-state index is 14.0. The lowest BCUT2D eigenvalue weighted by Gasteiger charge is -2.33. The largest absolute Gasteiger partial charge is 0.358 e. The number of halogens is 1. The summed E-state index contributed by atoms with van der Waals surface area (Å²) in [6, 6.07) is 21.4.